The maximum atomic E-state index is 14.6. The fourth-order valence-electron chi connectivity index (χ4n) is 4.58. The van der Waals surface area contributed by atoms with Gasteiger partial charge in [-0.15, -0.1) is 0 Å². The summed E-state index contributed by atoms with van der Waals surface area (Å²) in [4.78, 5) is 21.9. The van der Waals surface area contributed by atoms with E-state index in [-0.39, 0.29) is 17.3 Å². The van der Waals surface area contributed by atoms with Gasteiger partial charge in [0.2, 0.25) is 5.95 Å². The third-order valence-corrected chi connectivity index (χ3v) is 6.49. The molecule has 5 rings (SSSR count). The zero-order chi connectivity index (χ0) is 26.6. The number of methoxy groups -OCH3 is 1. The third kappa shape index (κ3) is 5.15. The molecular formula is C28H26FN7O2. The van der Waals surface area contributed by atoms with Crippen molar-refractivity contribution in [3.8, 4) is 16.9 Å². The van der Waals surface area contributed by atoms with Crippen molar-refractivity contribution in [2.75, 3.05) is 30.1 Å². The van der Waals surface area contributed by atoms with Gasteiger partial charge in [0.05, 0.1) is 18.4 Å². The molecule has 192 valence electrons. The standard InChI is InChI=1S/C28H26FN7O2/c1-31-25-13-24(29)23(12-26(25)36-30)27(37)34-21-9-18(10-22(11-21)38-2)19-14-32-28(33-15-19)35-20-7-16-5-3-4-6-17(16)8-20/h3-6,9-15,20,30-31H,7-8H2,1-2H3,(H,34,37)(H,32,33,35). The summed E-state index contributed by atoms with van der Waals surface area (Å²) in [5, 5.41) is 12.2. The van der Waals surface area contributed by atoms with Crippen LogP contribution in [-0.4, -0.2) is 36.1 Å². The molecule has 4 aromatic rings. The van der Waals surface area contributed by atoms with E-state index < -0.39 is 11.7 Å². The summed E-state index contributed by atoms with van der Waals surface area (Å²) in [5.74, 6) is -0.373. The Labute approximate surface area is 219 Å². The first-order chi connectivity index (χ1) is 18.5. The highest BCUT2D eigenvalue weighted by Crippen LogP contribution is 2.31. The Morgan fingerprint density at radius 3 is 2.39 bits per heavy atom. The average molecular weight is 512 g/mol. The Morgan fingerprint density at radius 1 is 1.05 bits per heavy atom. The van der Waals surface area contributed by atoms with Gasteiger partial charge in [-0.25, -0.2) is 19.9 Å². The maximum Gasteiger partial charge on any atom is 0.258 e. The zero-order valence-corrected chi connectivity index (χ0v) is 20.9. The summed E-state index contributed by atoms with van der Waals surface area (Å²) in [5.41, 5.74) is 12.1. The molecule has 1 aliphatic carbocycles. The summed E-state index contributed by atoms with van der Waals surface area (Å²) in [6, 6.07) is 16.2. The van der Waals surface area contributed by atoms with Crippen LogP contribution in [0.5, 0.6) is 5.75 Å². The van der Waals surface area contributed by atoms with Crippen LogP contribution in [0.25, 0.3) is 11.1 Å². The number of anilines is 3. The second-order valence-corrected chi connectivity index (χ2v) is 8.93. The van der Waals surface area contributed by atoms with E-state index in [1.807, 2.05) is 0 Å². The lowest BCUT2D eigenvalue weighted by Gasteiger charge is -2.13. The number of carbonyl (C=O) groups excluding carboxylic acids is 1. The van der Waals surface area contributed by atoms with Gasteiger partial charge in [0.1, 0.15) is 17.3 Å². The van der Waals surface area contributed by atoms with Crippen LogP contribution < -0.4 is 20.7 Å². The predicted molar refractivity (Wildman–Crippen MR) is 144 cm³/mol. The number of nitrogens with zero attached hydrogens (tertiary/aromatic N) is 3. The van der Waals surface area contributed by atoms with Crippen molar-refractivity contribution in [3.05, 3.63) is 89.5 Å². The van der Waals surface area contributed by atoms with E-state index in [4.69, 9.17) is 10.3 Å². The van der Waals surface area contributed by atoms with Crippen LogP contribution in [0.3, 0.4) is 0 Å². The molecule has 1 aromatic heterocycles. The van der Waals surface area contributed by atoms with Crippen LogP contribution >= 0.6 is 0 Å². The highest BCUT2D eigenvalue weighted by molar-refractivity contribution is 6.06. The Kier molecular flexibility index (Phi) is 6.94. The number of nitrogens with one attached hydrogen (secondary N) is 4. The van der Waals surface area contributed by atoms with Crippen molar-refractivity contribution in [3.63, 3.8) is 0 Å². The van der Waals surface area contributed by atoms with E-state index in [1.165, 1.54) is 24.3 Å². The number of carbonyl (C=O) groups is 1. The second kappa shape index (κ2) is 10.6. The summed E-state index contributed by atoms with van der Waals surface area (Å²) < 4.78 is 20.0. The molecule has 1 amide bonds. The molecule has 0 radical (unpaired) electrons. The van der Waals surface area contributed by atoms with E-state index >= 15 is 0 Å². The van der Waals surface area contributed by atoms with Gasteiger partial charge in [-0.05, 0) is 47.7 Å². The van der Waals surface area contributed by atoms with Crippen molar-refractivity contribution in [2.24, 2.45) is 5.11 Å². The molecule has 1 aliphatic rings. The van der Waals surface area contributed by atoms with E-state index in [2.05, 4.69) is 55.3 Å². The average Bonchev–Trinajstić information content (AvgIpc) is 3.35. The SMILES string of the molecule is CNc1cc(F)c(C(=O)Nc2cc(OC)cc(-c3cnc(NC4Cc5ccccc5C4)nc3)c2)cc1N=N. The Hall–Kier alpha value is -4.86. The molecule has 0 unspecified atom stereocenters. The van der Waals surface area contributed by atoms with Crippen LogP contribution in [0, 0.1) is 11.3 Å². The third-order valence-electron chi connectivity index (χ3n) is 6.49. The molecular weight excluding hydrogens is 485 g/mol. The maximum absolute atomic E-state index is 14.6. The minimum absolute atomic E-state index is 0.151. The molecule has 0 atom stereocenters. The van der Waals surface area contributed by atoms with Crippen LogP contribution in [0.1, 0.15) is 21.5 Å². The first kappa shape index (κ1) is 24.8. The Balaban J connectivity index is 1.33. The lowest BCUT2D eigenvalue weighted by atomic mass is 10.1. The number of aromatic nitrogens is 2. The molecule has 0 aliphatic heterocycles. The Morgan fingerprint density at radius 2 is 1.76 bits per heavy atom. The fourth-order valence-corrected chi connectivity index (χ4v) is 4.58. The van der Waals surface area contributed by atoms with Crippen LogP contribution in [0.4, 0.5) is 27.4 Å². The fraction of sp³-hybridized carbons (Fsp3) is 0.179. The molecule has 4 N–H and O–H groups in total. The summed E-state index contributed by atoms with van der Waals surface area (Å²) in [7, 11) is 3.10. The molecule has 38 heavy (non-hydrogen) atoms. The summed E-state index contributed by atoms with van der Waals surface area (Å²) >= 11 is 0. The van der Waals surface area contributed by atoms with Crippen molar-refractivity contribution in [2.45, 2.75) is 18.9 Å². The number of ether oxygens (including phenoxy) is 1. The highest BCUT2D eigenvalue weighted by Gasteiger charge is 2.21. The molecule has 10 heteroatoms. The van der Waals surface area contributed by atoms with Gasteiger partial charge in [0, 0.05) is 48.9 Å². The normalized spacial score (nSPS) is 12.5. The lowest BCUT2D eigenvalue weighted by Crippen LogP contribution is -2.20. The van der Waals surface area contributed by atoms with Crippen molar-refractivity contribution >= 4 is 28.9 Å². The van der Waals surface area contributed by atoms with E-state index in [0.717, 1.165) is 24.5 Å². The van der Waals surface area contributed by atoms with Crippen LogP contribution in [-0.2, 0) is 12.8 Å². The molecule has 3 aromatic carbocycles. The van der Waals surface area contributed by atoms with Crippen LogP contribution in [0.15, 0.2) is 72.1 Å². The van der Waals surface area contributed by atoms with Gasteiger partial charge >= 0.3 is 0 Å². The van der Waals surface area contributed by atoms with Crippen molar-refractivity contribution in [1.82, 2.24) is 9.97 Å². The van der Waals surface area contributed by atoms with E-state index in [9.17, 15) is 9.18 Å². The molecule has 0 spiro atoms. The number of amides is 1. The predicted octanol–water partition coefficient (Wildman–Crippen LogP) is 5.83. The van der Waals surface area contributed by atoms with Gasteiger partial charge in [0.25, 0.3) is 5.91 Å². The Bertz CT molecular complexity index is 1480. The summed E-state index contributed by atoms with van der Waals surface area (Å²) in [6.07, 6.45) is 5.26. The number of rotatable bonds is 8. The smallest absolute Gasteiger partial charge is 0.258 e. The molecule has 1 heterocycles. The zero-order valence-electron chi connectivity index (χ0n) is 20.9. The van der Waals surface area contributed by atoms with E-state index in [0.29, 0.717) is 28.6 Å². The molecule has 0 bridgehead atoms. The number of halogens is 1. The number of benzene rings is 3. The van der Waals surface area contributed by atoms with Gasteiger partial charge in [-0.2, -0.15) is 5.11 Å². The number of hydrogen-bond acceptors (Lipinski definition) is 8. The molecule has 0 saturated carbocycles. The quantitative estimate of drug-likeness (QED) is 0.221. The highest BCUT2D eigenvalue weighted by atomic mass is 19.1. The molecule has 0 saturated heterocycles. The number of hydrogen-bond donors (Lipinski definition) is 4. The van der Waals surface area contributed by atoms with Crippen molar-refractivity contribution in [1.29, 1.82) is 5.53 Å². The van der Waals surface area contributed by atoms with Gasteiger partial charge in [-0.1, -0.05) is 24.3 Å². The second-order valence-electron chi connectivity index (χ2n) is 8.93. The minimum Gasteiger partial charge on any atom is -0.497 e. The summed E-state index contributed by atoms with van der Waals surface area (Å²) in [6.45, 7) is 0. The lowest BCUT2D eigenvalue weighted by molar-refractivity contribution is 0.102. The van der Waals surface area contributed by atoms with Crippen molar-refractivity contribution < 1.29 is 13.9 Å². The number of fused-ring (bicyclic) bond motifs is 1. The largest absolute Gasteiger partial charge is 0.497 e. The molecule has 9 nitrogen and oxygen atoms in total. The minimum atomic E-state index is -0.732. The first-order valence-corrected chi connectivity index (χ1v) is 12.0. The molecule has 0 fully saturated rings. The monoisotopic (exact) mass is 511 g/mol. The van der Waals surface area contributed by atoms with Gasteiger partial charge in [0.15, 0.2) is 0 Å². The topological polar surface area (TPSA) is 124 Å². The van der Waals surface area contributed by atoms with E-state index in [1.54, 1.807) is 37.6 Å². The van der Waals surface area contributed by atoms with Crippen LogP contribution in [0.2, 0.25) is 0 Å². The first-order valence-electron chi connectivity index (χ1n) is 12.0. The van der Waals surface area contributed by atoms with Gasteiger partial charge < -0.3 is 20.7 Å². The van der Waals surface area contributed by atoms with Gasteiger partial charge in [-0.3, -0.25) is 4.79 Å².